The Kier molecular flexibility index (Phi) is 8.16. The van der Waals surface area contributed by atoms with E-state index in [1.807, 2.05) is 6.92 Å². The van der Waals surface area contributed by atoms with Crippen molar-refractivity contribution in [2.24, 2.45) is 11.8 Å². The molecule has 2 nitrogen and oxygen atoms in total. The number of ether oxygens (including phenoxy) is 2. The SMILES string of the molecule is CCCC(C1=CCC(OC(CC)OCC)C=C1)C(C)C. The molecule has 0 saturated carbocycles. The average molecular weight is 280 g/mol. The number of rotatable bonds is 9. The van der Waals surface area contributed by atoms with Crippen LogP contribution in [0.15, 0.2) is 23.8 Å². The molecule has 0 spiro atoms. The Morgan fingerprint density at radius 1 is 1.25 bits per heavy atom. The van der Waals surface area contributed by atoms with Gasteiger partial charge in [-0.3, -0.25) is 0 Å². The van der Waals surface area contributed by atoms with Crippen LogP contribution in [-0.4, -0.2) is 19.0 Å². The minimum Gasteiger partial charge on any atom is -0.353 e. The standard InChI is InChI=1S/C18H32O2/c1-6-9-17(14(4)5)15-10-12-16(13-11-15)20-18(7-2)19-8-3/h10-12,14,16-18H,6-9,13H2,1-5H3. The molecule has 0 aromatic carbocycles. The molecule has 20 heavy (non-hydrogen) atoms. The largest absolute Gasteiger partial charge is 0.353 e. The Labute approximate surface area is 125 Å². The summed E-state index contributed by atoms with van der Waals surface area (Å²) in [4.78, 5) is 0. The first-order chi connectivity index (χ1) is 9.62. The lowest BCUT2D eigenvalue weighted by Gasteiger charge is -2.27. The zero-order chi connectivity index (χ0) is 15.0. The number of hydrogen-bond acceptors (Lipinski definition) is 2. The Bertz CT molecular complexity index is 317. The van der Waals surface area contributed by atoms with Crippen LogP contribution in [0.4, 0.5) is 0 Å². The first kappa shape index (κ1) is 17.5. The van der Waals surface area contributed by atoms with E-state index in [1.165, 1.54) is 18.4 Å². The van der Waals surface area contributed by atoms with Crippen molar-refractivity contribution in [3.8, 4) is 0 Å². The lowest BCUT2D eigenvalue weighted by molar-refractivity contribution is -0.157. The third-order valence-corrected chi connectivity index (χ3v) is 3.93. The van der Waals surface area contributed by atoms with E-state index in [0.29, 0.717) is 18.4 Å². The van der Waals surface area contributed by atoms with Crippen molar-refractivity contribution in [1.82, 2.24) is 0 Å². The fourth-order valence-corrected chi connectivity index (χ4v) is 2.82. The minimum atomic E-state index is -0.0684. The minimum absolute atomic E-state index is 0.0684. The van der Waals surface area contributed by atoms with Crippen molar-refractivity contribution in [3.63, 3.8) is 0 Å². The maximum absolute atomic E-state index is 5.98. The molecule has 0 bridgehead atoms. The van der Waals surface area contributed by atoms with E-state index < -0.39 is 0 Å². The van der Waals surface area contributed by atoms with Crippen LogP contribution in [0.25, 0.3) is 0 Å². The van der Waals surface area contributed by atoms with Crippen LogP contribution in [-0.2, 0) is 9.47 Å². The molecular formula is C18H32O2. The Morgan fingerprint density at radius 2 is 2.00 bits per heavy atom. The summed E-state index contributed by atoms with van der Waals surface area (Å²) in [6.45, 7) is 11.7. The summed E-state index contributed by atoms with van der Waals surface area (Å²) >= 11 is 0. The molecule has 0 saturated heterocycles. The van der Waals surface area contributed by atoms with Gasteiger partial charge in [-0.05, 0) is 43.6 Å². The summed E-state index contributed by atoms with van der Waals surface area (Å²) in [7, 11) is 0. The average Bonchev–Trinajstić information content (AvgIpc) is 2.45. The van der Waals surface area contributed by atoms with Gasteiger partial charge in [0.25, 0.3) is 0 Å². The molecule has 1 rings (SSSR count). The second-order valence-electron chi connectivity index (χ2n) is 5.91. The molecule has 0 fully saturated rings. The van der Waals surface area contributed by atoms with Crippen molar-refractivity contribution < 1.29 is 9.47 Å². The van der Waals surface area contributed by atoms with Crippen LogP contribution in [0.5, 0.6) is 0 Å². The lowest BCUT2D eigenvalue weighted by Crippen LogP contribution is -2.24. The van der Waals surface area contributed by atoms with E-state index in [9.17, 15) is 0 Å². The normalized spacial score (nSPS) is 21.9. The molecule has 0 radical (unpaired) electrons. The van der Waals surface area contributed by atoms with Gasteiger partial charge in [-0.15, -0.1) is 0 Å². The topological polar surface area (TPSA) is 18.5 Å². The predicted molar refractivity (Wildman–Crippen MR) is 85.7 cm³/mol. The third kappa shape index (κ3) is 5.41. The van der Waals surface area contributed by atoms with E-state index >= 15 is 0 Å². The van der Waals surface area contributed by atoms with Gasteiger partial charge in [0.05, 0.1) is 6.10 Å². The van der Waals surface area contributed by atoms with Crippen molar-refractivity contribution in [2.45, 2.75) is 72.7 Å². The molecule has 0 N–H and O–H groups in total. The number of hydrogen-bond donors (Lipinski definition) is 0. The maximum Gasteiger partial charge on any atom is 0.158 e. The molecule has 3 atom stereocenters. The van der Waals surface area contributed by atoms with Gasteiger partial charge in [-0.25, -0.2) is 0 Å². The van der Waals surface area contributed by atoms with Gasteiger partial charge in [0.1, 0.15) is 0 Å². The van der Waals surface area contributed by atoms with Gasteiger partial charge in [-0.2, -0.15) is 0 Å². The summed E-state index contributed by atoms with van der Waals surface area (Å²) in [6, 6.07) is 0. The molecule has 0 aromatic heterocycles. The zero-order valence-electron chi connectivity index (χ0n) is 13.9. The molecule has 1 aliphatic carbocycles. The van der Waals surface area contributed by atoms with E-state index in [2.05, 4.69) is 45.9 Å². The van der Waals surface area contributed by atoms with Gasteiger partial charge < -0.3 is 9.47 Å². The van der Waals surface area contributed by atoms with Crippen LogP contribution in [0.2, 0.25) is 0 Å². The third-order valence-electron chi connectivity index (χ3n) is 3.93. The quantitative estimate of drug-likeness (QED) is 0.547. The monoisotopic (exact) mass is 280 g/mol. The van der Waals surface area contributed by atoms with Crippen molar-refractivity contribution >= 4 is 0 Å². The summed E-state index contributed by atoms with van der Waals surface area (Å²) < 4.78 is 11.5. The summed E-state index contributed by atoms with van der Waals surface area (Å²) in [5.74, 6) is 1.39. The zero-order valence-corrected chi connectivity index (χ0v) is 13.9. The summed E-state index contributed by atoms with van der Waals surface area (Å²) in [5, 5.41) is 0. The Morgan fingerprint density at radius 3 is 2.45 bits per heavy atom. The number of allylic oxidation sites excluding steroid dienone is 2. The van der Waals surface area contributed by atoms with Gasteiger partial charge in [0.15, 0.2) is 6.29 Å². The first-order valence-electron chi connectivity index (χ1n) is 8.27. The van der Waals surface area contributed by atoms with Crippen LogP contribution in [0, 0.1) is 11.8 Å². The van der Waals surface area contributed by atoms with Crippen LogP contribution in [0.3, 0.4) is 0 Å². The molecule has 2 heteroatoms. The lowest BCUT2D eigenvalue weighted by atomic mass is 9.82. The highest BCUT2D eigenvalue weighted by atomic mass is 16.7. The van der Waals surface area contributed by atoms with Gasteiger partial charge in [0.2, 0.25) is 0 Å². The highest BCUT2D eigenvalue weighted by molar-refractivity contribution is 5.27. The molecule has 0 aliphatic heterocycles. The second-order valence-corrected chi connectivity index (χ2v) is 5.91. The van der Waals surface area contributed by atoms with Crippen molar-refractivity contribution in [1.29, 1.82) is 0 Å². The van der Waals surface area contributed by atoms with Gasteiger partial charge in [-0.1, -0.05) is 52.3 Å². The van der Waals surface area contributed by atoms with Crippen LogP contribution >= 0.6 is 0 Å². The fourth-order valence-electron chi connectivity index (χ4n) is 2.82. The van der Waals surface area contributed by atoms with E-state index in [0.717, 1.165) is 12.8 Å². The molecule has 1 aliphatic rings. The van der Waals surface area contributed by atoms with E-state index in [4.69, 9.17) is 9.47 Å². The highest BCUT2D eigenvalue weighted by Crippen LogP contribution is 2.30. The van der Waals surface area contributed by atoms with E-state index in [1.54, 1.807) is 0 Å². The Hall–Kier alpha value is -0.600. The molecule has 3 unspecified atom stereocenters. The first-order valence-corrected chi connectivity index (χ1v) is 8.27. The smallest absolute Gasteiger partial charge is 0.158 e. The molecule has 0 heterocycles. The van der Waals surface area contributed by atoms with E-state index in [-0.39, 0.29) is 12.4 Å². The highest BCUT2D eigenvalue weighted by Gasteiger charge is 2.20. The predicted octanol–water partition coefficient (Wildman–Crippen LogP) is 5.10. The molecule has 0 aromatic rings. The van der Waals surface area contributed by atoms with Gasteiger partial charge >= 0.3 is 0 Å². The summed E-state index contributed by atoms with van der Waals surface area (Å²) in [5.41, 5.74) is 1.49. The Balaban J connectivity index is 2.54. The molecule has 116 valence electrons. The fraction of sp³-hybridized carbons (Fsp3) is 0.778. The van der Waals surface area contributed by atoms with Crippen molar-refractivity contribution in [3.05, 3.63) is 23.8 Å². The van der Waals surface area contributed by atoms with Gasteiger partial charge in [0, 0.05) is 6.61 Å². The maximum atomic E-state index is 5.98. The van der Waals surface area contributed by atoms with Crippen LogP contribution in [0.1, 0.15) is 60.3 Å². The molecular weight excluding hydrogens is 248 g/mol. The summed E-state index contributed by atoms with van der Waals surface area (Å²) in [6.07, 6.45) is 11.3. The van der Waals surface area contributed by atoms with Crippen molar-refractivity contribution in [2.75, 3.05) is 6.61 Å². The van der Waals surface area contributed by atoms with Crippen LogP contribution < -0.4 is 0 Å². The molecule has 0 amide bonds. The second kappa shape index (κ2) is 9.36.